The average molecular weight is 456 g/mol. The molecule has 0 fully saturated rings. The van der Waals surface area contributed by atoms with Gasteiger partial charge in [-0.1, -0.05) is 59.8 Å². The van der Waals surface area contributed by atoms with E-state index in [-0.39, 0.29) is 11.7 Å². The third kappa shape index (κ3) is 4.92. The number of hydrogen-bond acceptors (Lipinski definition) is 5. The predicted molar refractivity (Wildman–Crippen MR) is 123 cm³/mol. The molecular weight excluding hydrogens is 434 g/mol. The molecule has 2 N–H and O–H groups in total. The summed E-state index contributed by atoms with van der Waals surface area (Å²) >= 11 is 7.50. The number of H-pyrrole nitrogens is 1. The summed E-state index contributed by atoms with van der Waals surface area (Å²) in [5.74, 6) is 0.872. The van der Waals surface area contributed by atoms with E-state index in [9.17, 15) is 4.79 Å². The number of benzene rings is 2. The summed E-state index contributed by atoms with van der Waals surface area (Å²) in [7, 11) is 1.66. The van der Waals surface area contributed by atoms with E-state index in [1.807, 2.05) is 59.3 Å². The van der Waals surface area contributed by atoms with E-state index in [0.717, 1.165) is 27.9 Å². The number of fused-ring (bicyclic) bond motifs is 1. The summed E-state index contributed by atoms with van der Waals surface area (Å²) in [5.41, 5.74) is 2.88. The minimum Gasteiger partial charge on any atom is -0.383 e. The van der Waals surface area contributed by atoms with E-state index < -0.39 is 0 Å². The van der Waals surface area contributed by atoms with E-state index in [0.29, 0.717) is 29.9 Å². The van der Waals surface area contributed by atoms with Gasteiger partial charge < -0.3 is 15.0 Å². The molecule has 0 saturated carbocycles. The number of carbonyl (C=O) groups excluding carboxylic acids is 1. The van der Waals surface area contributed by atoms with Gasteiger partial charge in [0.15, 0.2) is 11.0 Å². The van der Waals surface area contributed by atoms with Crippen LogP contribution in [0.3, 0.4) is 0 Å². The number of nitrogens with one attached hydrogen (secondary N) is 2. The van der Waals surface area contributed by atoms with Crippen LogP contribution in [0.5, 0.6) is 0 Å². The van der Waals surface area contributed by atoms with Crippen LogP contribution in [0.15, 0.2) is 59.9 Å². The van der Waals surface area contributed by atoms with Gasteiger partial charge in [-0.3, -0.25) is 9.36 Å². The highest BCUT2D eigenvalue weighted by Crippen LogP contribution is 2.30. The highest BCUT2D eigenvalue weighted by Gasteiger charge is 2.18. The molecule has 0 aliphatic carbocycles. The lowest BCUT2D eigenvalue weighted by molar-refractivity contribution is -0.118. The van der Waals surface area contributed by atoms with E-state index in [2.05, 4.69) is 20.5 Å². The van der Waals surface area contributed by atoms with E-state index >= 15 is 0 Å². The van der Waals surface area contributed by atoms with E-state index in [1.54, 1.807) is 7.11 Å². The van der Waals surface area contributed by atoms with Gasteiger partial charge in [0, 0.05) is 41.3 Å². The van der Waals surface area contributed by atoms with Crippen LogP contribution in [0.1, 0.15) is 5.56 Å². The Bertz CT molecular complexity index is 1190. The molecule has 0 radical (unpaired) electrons. The Morgan fingerprint density at radius 2 is 2.00 bits per heavy atom. The summed E-state index contributed by atoms with van der Waals surface area (Å²) in [5, 5.41) is 14.0. The highest BCUT2D eigenvalue weighted by molar-refractivity contribution is 7.99. The Balaban J connectivity index is 1.48. The third-order valence-electron chi connectivity index (χ3n) is 4.83. The zero-order valence-electron chi connectivity index (χ0n) is 17.0. The molecule has 9 heteroatoms. The maximum Gasteiger partial charge on any atom is 0.230 e. The molecule has 0 aliphatic heterocycles. The lowest BCUT2D eigenvalue weighted by Gasteiger charge is -2.10. The number of amides is 1. The molecule has 4 rings (SSSR count). The Kier molecular flexibility index (Phi) is 6.91. The normalized spacial score (nSPS) is 11.2. The zero-order valence-corrected chi connectivity index (χ0v) is 18.5. The van der Waals surface area contributed by atoms with Crippen LogP contribution in [0.2, 0.25) is 5.02 Å². The molecule has 0 unspecified atom stereocenters. The molecular formula is C22H22ClN5O2S. The van der Waals surface area contributed by atoms with Gasteiger partial charge in [-0.2, -0.15) is 0 Å². The van der Waals surface area contributed by atoms with Crippen molar-refractivity contribution in [3.8, 4) is 11.4 Å². The van der Waals surface area contributed by atoms with Crippen molar-refractivity contribution >= 4 is 40.2 Å². The van der Waals surface area contributed by atoms with E-state index in [4.69, 9.17) is 16.3 Å². The van der Waals surface area contributed by atoms with Crippen LogP contribution < -0.4 is 5.32 Å². The first-order valence-electron chi connectivity index (χ1n) is 9.79. The molecule has 0 bridgehead atoms. The average Bonchev–Trinajstić information content (AvgIpc) is 3.39. The largest absolute Gasteiger partial charge is 0.383 e. The third-order valence-corrected chi connectivity index (χ3v) is 6.17. The summed E-state index contributed by atoms with van der Waals surface area (Å²) in [6, 6.07) is 15.5. The van der Waals surface area contributed by atoms with Crippen molar-refractivity contribution < 1.29 is 9.53 Å². The van der Waals surface area contributed by atoms with Crippen LogP contribution in [-0.2, 0) is 22.6 Å². The Morgan fingerprint density at radius 3 is 2.84 bits per heavy atom. The van der Waals surface area contributed by atoms with E-state index in [1.165, 1.54) is 11.8 Å². The fraction of sp³-hybridized carbons (Fsp3) is 0.227. The monoisotopic (exact) mass is 455 g/mol. The molecule has 160 valence electrons. The van der Waals surface area contributed by atoms with Gasteiger partial charge in [0.1, 0.15) is 0 Å². The fourth-order valence-electron chi connectivity index (χ4n) is 3.25. The highest BCUT2D eigenvalue weighted by atomic mass is 35.5. The Labute approximate surface area is 189 Å². The van der Waals surface area contributed by atoms with Gasteiger partial charge in [-0.05, 0) is 17.7 Å². The molecule has 31 heavy (non-hydrogen) atoms. The molecule has 0 aliphatic rings. The van der Waals surface area contributed by atoms with Gasteiger partial charge >= 0.3 is 0 Å². The van der Waals surface area contributed by atoms with Crippen molar-refractivity contribution in [2.24, 2.45) is 0 Å². The zero-order chi connectivity index (χ0) is 21.6. The number of thioether (sulfide) groups is 1. The van der Waals surface area contributed by atoms with Gasteiger partial charge in [-0.25, -0.2) is 0 Å². The minimum atomic E-state index is -0.0974. The van der Waals surface area contributed by atoms with Gasteiger partial charge in [0.2, 0.25) is 5.91 Å². The predicted octanol–water partition coefficient (Wildman–Crippen LogP) is 4.13. The summed E-state index contributed by atoms with van der Waals surface area (Å²) in [4.78, 5) is 15.6. The second kappa shape index (κ2) is 10.00. The van der Waals surface area contributed by atoms with Gasteiger partial charge in [-0.15, -0.1) is 10.2 Å². The SMILES string of the molecule is COCCn1c(SCC(=O)NCc2ccccc2Cl)nnc1-c1c[nH]c2ccccc12. The quantitative estimate of drug-likeness (QED) is 0.370. The first kappa shape index (κ1) is 21.4. The van der Waals surface area contributed by atoms with Crippen LogP contribution in [0.4, 0.5) is 0 Å². The second-order valence-electron chi connectivity index (χ2n) is 6.86. The van der Waals surface area contributed by atoms with Crippen molar-refractivity contribution in [3.05, 3.63) is 65.3 Å². The minimum absolute atomic E-state index is 0.0974. The van der Waals surface area contributed by atoms with Crippen molar-refractivity contribution in [2.75, 3.05) is 19.5 Å². The number of methoxy groups -OCH3 is 1. The standard InChI is InChI=1S/C22H22ClN5O2S/c1-30-11-10-28-21(17-13-24-19-9-5-3-7-16(17)19)26-27-22(28)31-14-20(29)25-12-15-6-2-4-8-18(15)23/h2-9,13,24H,10-12,14H2,1H3,(H,25,29). The van der Waals surface area contributed by atoms with Crippen LogP contribution in [0.25, 0.3) is 22.3 Å². The number of ether oxygens (including phenoxy) is 1. The molecule has 7 nitrogen and oxygen atoms in total. The van der Waals surface area contributed by atoms with Crippen molar-refractivity contribution in [2.45, 2.75) is 18.2 Å². The number of aromatic amines is 1. The maximum atomic E-state index is 12.4. The molecule has 2 heterocycles. The second-order valence-corrected chi connectivity index (χ2v) is 8.21. The number of carbonyl (C=O) groups is 1. The molecule has 2 aromatic carbocycles. The summed E-state index contributed by atoms with van der Waals surface area (Å²) in [6.45, 7) is 1.48. The molecule has 0 atom stereocenters. The number of aromatic nitrogens is 4. The molecule has 4 aromatic rings. The van der Waals surface area contributed by atoms with Crippen LogP contribution in [0, 0.1) is 0 Å². The number of hydrogen-bond donors (Lipinski definition) is 2. The first-order chi connectivity index (χ1) is 15.2. The van der Waals surface area contributed by atoms with Gasteiger partial charge in [0.05, 0.1) is 18.9 Å². The maximum absolute atomic E-state index is 12.4. The number of halogens is 1. The molecule has 0 spiro atoms. The fourth-order valence-corrected chi connectivity index (χ4v) is 4.25. The van der Waals surface area contributed by atoms with Crippen molar-refractivity contribution in [1.29, 1.82) is 0 Å². The topological polar surface area (TPSA) is 84.8 Å². The molecule has 2 aromatic heterocycles. The Hall–Kier alpha value is -2.81. The van der Waals surface area contributed by atoms with Crippen LogP contribution >= 0.6 is 23.4 Å². The summed E-state index contributed by atoms with van der Waals surface area (Å²) in [6.07, 6.45) is 1.93. The number of rotatable bonds is 9. The van der Waals surface area contributed by atoms with Crippen LogP contribution in [-0.4, -0.2) is 45.1 Å². The molecule has 0 saturated heterocycles. The molecule has 1 amide bonds. The summed E-state index contributed by atoms with van der Waals surface area (Å²) < 4.78 is 7.26. The van der Waals surface area contributed by atoms with Gasteiger partial charge in [0.25, 0.3) is 0 Å². The number of para-hydroxylation sites is 1. The first-order valence-corrected chi connectivity index (χ1v) is 11.1. The van der Waals surface area contributed by atoms with Crippen molar-refractivity contribution in [3.63, 3.8) is 0 Å². The smallest absolute Gasteiger partial charge is 0.230 e. The Morgan fingerprint density at radius 1 is 1.19 bits per heavy atom. The van der Waals surface area contributed by atoms with Crippen molar-refractivity contribution in [1.82, 2.24) is 25.1 Å². The lowest BCUT2D eigenvalue weighted by Crippen LogP contribution is -2.25. The lowest BCUT2D eigenvalue weighted by atomic mass is 10.1. The number of nitrogens with zero attached hydrogens (tertiary/aromatic N) is 3.